The Morgan fingerprint density at radius 1 is 1.05 bits per heavy atom. The van der Waals surface area contributed by atoms with Crippen LogP contribution in [0.1, 0.15) is 38.3 Å². The maximum atomic E-state index is 13.3. The number of halogens is 2. The number of ether oxygens (including phenoxy) is 1. The molecule has 2 aromatic heterocycles. The Hall–Kier alpha value is -5.14. The molecule has 44 heavy (non-hydrogen) atoms. The molecule has 3 heterocycles. The first kappa shape index (κ1) is 30.3. The summed E-state index contributed by atoms with van der Waals surface area (Å²) in [6, 6.07) is 16.9. The van der Waals surface area contributed by atoms with Crippen LogP contribution < -0.4 is 10.6 Å². The number of nitrogens with zero attached hydrogens (tertiary/aromatic N) is 4. The average molecular weight is 646 g/mol. The number of thioether (sulfide) groups is 1. The number of anilines is 2. The van der Waals surface area contributed by atoms with E-state index in [2.05, 4.69) is 4.98 Å². The molecule has 1 aliphatic rings. The van der Waals surface area contributed by atoms with Gasteiger partial charge in [0.15, 0.2) is 12.4 Å². The van der Waals surface area contributed by atoms with E-state index in [0.29, 0.717) is 0 Å². The third-order valence-electron chi connectivity index (χ3n) is 6.48. The van der Waals surface area contributed by atoms with Crippen molar-refractivity contribution in [3.8, 4) is 23.5 Å². The number of imide groups is 1. The molecule has 1 aliphatic heterocycles. The second-order valence-corrected chi connectivity index (χ2v) is 11.2. The summed E-state index contributed by atoms with van der Waals surface area (Å²) in [5.41, 5.74) is 6.60. The summed E-state index contributed by atoms with van der Waals surface area (Å²) in [7, 11) is 0. The summed E-state index contributed by atoms with van der Waals surface area (Å²) < 4.78 is 10.5. The monoisotopic (exact) mass is 645 g/mol. The highest BCUT2D eigenvalue weighted by Gasteiger charge is 2.41. The fourth-order valence-corrected chi connectivity index (χ4v) is 5.78. The number of hydrogen-bond donors (Lipinski definition) is 1. The number of furan rings is 1. The van der Waals surface area contributed by atoms with Crippen molar-refractivity contribution in [2.24, 2.45) is 0 Å². The van der Waals surface area contributed by atoms with Crippen LogP contribution >= 0.6 is 35.0 Å². The van der Waals surface area contributed by atoms with Gasteiger partial charge in [-0.1, -0.05) is 35.0 Å². The maximum Gasteiger partial charge on any atom is 0.338 e. The SMILES string of the molecule is N#Cc1c(N)nc(SC2CC(=O)N(c3ccc(C(=O)OCC(=O)c4ccc(Cl)c(Cl)c4)cc3)C2=O)c(C#N)c1-c1ccco1. The number of carbonyl (C=O) groups excluding carboxylic acids is 4. The molecule has 0 saturated carbocycles. The van der Waals surface area contributed by atoms with Crippen molar-refractivity contribution in [3.63, 3.8) is 0 Å². The van der Waals surface area contributed by atoms with Crippen molar-refractivity contribution in [2.45, 2.75) is 16.7 Å². The lowest BCUT2D eigenvalue weighted by Gasteiger charge is -2.16. The first-order valence-corrected chi connectivity index (χ1v) is 14.2. The van der Waals surface area contributed by atoms with Crippen LogP contribution in [-0.4, -0.2) is 40.4 Å². The largest absolute Gasteiger partial charge is 0.464 e. The van der Waals surface area contributed by atoms with Crippen molar-refractivity contribution < 1.29 is 28.3 Å². The summed E-state index contributed by atoms with van der Waals surface area (Å²) in [6.45, 7) is -0.541. The van der Waals surface area contributed by atoms with Crippen LogP contribution in [0.2, 0.25) is 10.0 Å². The van der Waals surface area contributed by atoms with Crippen molar-refractivity contribution in [1.82, 2.24) is 4.98 Å². The van der Waals surface area contributed by atoms with E-state index in [-0.39, 0.29) is 66.6 Å². The molecule has 0 aliphatic carbocycles. The van der Waals surface area contributed by atoms with E-state index in [0.717, 1.165) is 16.7 Å². The zero-order chi connectivity index (χ0) is 31.5. The van der Waals surface area contributed by atoms with Crippen LogP contribution in [0.5, 0.6) is 0 Å². The van der Waals surface area contributed by atoms with Crippen LogP contribution in [-0.2, 0) is 14.3 Å². The molecule has 2 amide bonds. The van der Waals surface area contributed by atoms with Crippen molar-refractivity contribution >= 4 is 70.0 Å². The van der Waals surface area contributed by atoms with Gasteiger partial charge in [-0.3, -0.25) is 14.4 Å². The summed E-state index contributed by atoms with van der Waals surface area (Å²) in [6.07, 6.45) is 1.17. The molecule has 1 unspecified atom stereocenters. The molecule has 2 aromatic carbocycles. The van der Waals surface area contributed by atoms with Gasteiger partial charge >= 0.3 is 5.97 Å². The number of pyridine rings is 1. The number of nitriles is 2. The van der Waals surface area contributed by atoms with Crippen molar-refractivity contribution in [1.29, 1.82) is 10.5 Å². The van der Waals surface area contributed by atoms with Crippen LogP contribution in [0.15, 0.2) is 70.3 Å². The molecule has 5 rings (SSSR count). The zero-order valence-electron chi connectivity index (χ0n) is 22.2. The highest BCUT2D eigenvalue weighted by atomic mass is 35.5. The summed E-state index contributed by atoms with van der Waals surface area (Å²) in [4.78, 5) is 56.3. The second kappa shape index (κ2) is 12.6. The number of aromatic nitrogens is 1. The quantitative estimate of drug-likeness (QED) is 0.146. The molecule has 2 N–H and O–H groups in total. The minimum atomic E-state index is -0.948. The number of hydrogen-bond acceptors (Lipinski definition) is 11. The molecule has 0 bridgehead atoms. The molecule has 218 valence electrons. The number of carbonyl (C=O) groups is 4. The van der Waals surface area contributed by atoms with Crippen LogP contribution in [0.25, 0.3) is 11.3 Å². The number of benzene rings is 2. The van der Waals surface area contributed by atoms with Gasteiger partial charge in [0.05, 0.1) is 43.9 Å². The number of ketones is 1. The lowest BCUT2D eigenvalue weighted by atomic mass is 10.0. The van der Waals surface area contributed by atoms with E-state index >= 15 is 0 Å². The number of amides is 2. The highest BCUT2D eigenvalue weighted by Crippen LogP contribution is 2.40. The number of nitrogen functional groups attached to an aromatic ring is 1. The Morgan fingerprint density at radius 2 is 1.75 bits per heavy atom. The second-order valence-electron chi connectivity index (χ2n) is 9.18. The van der Waals surface area contributed by atoms with Gasteiger partial charge in [0.2, 0.25) is 11.8 Å². The molecule has 14 heteroatoms. The molecule has 11 nitrogen and oxygen atoms in total. The van der Waals surface area contributed by atoms with Gasteiger partial charge in [-0.2, -0.15) is 10.5 Å². The van der Waals surface area contributed by atoms with Gasteiger partial charge in [-0.15, -0.1) is 0 Å². The van der Waals surface area contributed by atoms with E-state index in [1.807, 2.05) is 12.1 Å². The zero-order valence-corrected chi connectivity index (χ0v) is 24.6. The Labute approximate surface area is 263 Å². The van der Waals surface area contributed by atoms with E-state index in [1.54, 1.807) is 12.1 Å². The molecule has 1 fully saturated rings. The van der Waals surface area contributed by atoms with E-state index in [9.17, 15) is 29.7 Å². The lowest BCUT2D eigenvalue weighted by Crippen LogP contribution is -2.31. The normalized spacial score (nSPS) is 14.3. The average Bonchev–Trinajstić information content (AvgIpc) is 3.64. The first-order valence-electron chi connectivity index (χ1n) is 12.6. The van der Waals surface area contributed by atoms with Crippen LogP contribution in [0.3, 0.4) is 0 Å². The predicted molar refractivity (Wildman–Crippen MR) is 160 cm³/mol. The number of esters is 1. The smallest absolute Gasteiger partial charge is 0.338 e. The molecule has 4 aromatic rings. The Bertz CT molecular complexity index is 1920. The number of nitrogens with two attached hydrogens (primary N) is 1. The summed E-state index contributed by atoms with van der Waals surface area (Å²) >= 11 is 12.7. The molecule has 1 atom stereocenters. The third-order valence-corrected chi connectivity index (χ3v) is 8.39. The molecular weight excluding hydrogens is 629 g/mol. The van der Waals surface area contributed by atoms with Gasteiger partial charge in [-0.25, -0.2) is 14.7 Å². The van der Waals surface area contributed by atoms with Gasteiger partial charge < -0.3 is 14.9 Å². The van der Waals surface area contributed by atoms with Crippen molar-refractivity contribution in [2.75, 3.05) is 17.2 Å². The van der Waals surface area contributed by atoms with Gasteiger partial charge in [0.25, 0.3) is 0 Å². The minimum Gasteiger partial charge on any atom is -0.464 e. The maximum absolute atomic E-state index is 13.3. The van der Waals surface area contributed by atoms with Gasteiger partial charge in [0.1, 0.15) is 34.3 Å². The van der Waals surface area contributed by atoms with Gasteiger partial charge in [0, 0.05) is 12.0 Å². The van der Waals surface area contributed by atoms with Crippen LogP contribution in [0, 0.1) is 22.7 Å². The fourth-order valence-electron chi connectivity index (χ4n) is 4.37. The fraction of sp³-hybridized carbons (Fsp3) is 0.100. The number of Topliss-reactive ketones (excluding diaryl/α,β-unsaturated/α-hetero) is 1. The van der Waals surface area contributed by atoms with Gasteiger partial charge in [-0.05, 0) is 54.6 Å². The highest BCUT2D eigenvalue weighted by molar-refractivity contribution is 8.00. The standard InChI is InChI=1S/C30H17Cl2N5O6S/c31-20-8-5-16(10-21(20)32)22(38)14-43-30(41)15-3-6-17(7-4-15)37-25(39)11-24(29(37)40)44-28-19(13-34)26(23-2-1-9-42-23)18(12-33)27(35)36-28/h1-10,24H,11,14H2,(H2,35,36). The topological polar surface area (TPSA) is 180 Å². The van der Waals surface area contributed by atoms with Crippen LogP contribution in [0.4, 0.5) is 11.5 Å². The van der Waals surface area contributed by atoms with E-state index in [4.69, 9.17) is 38.1 Å². The summed E-state index contributed by atoms with van der Waals surface area (Å²) in [5.74, 6) is -2.30. The Kier molecular flexibility index (Phi) is 8.69. The van der Waals surface area contributed by atoms with E-state index < -0.39 is 35.4 Å². The minimum absolute atomic E-state index is 0.0186. The molecule has 0 spiro atoms. The van der Waals surface area contributed by atoms with E-state index in [1.165, 1.54) is 48.7 Å². The predicted octanol–water partition coefficient (Wildman–Crippen LogP) is 5.44. The Balaban J connectivity index is 1.30. The van der Waals surface area contributed by atoms with Crippen molar-refractivity contribution in [3.05, 3.63) is 93.2 Å². The third kappa shape index (κ3) is 5.87. The molecule has 1 saturated heterocycles. The number of rotatable bonds is 8. The summed E-state index contributed by atoms with van der Waals surface area (Å²) in [5, 5.41) is 19.1. The molecular formula is C30H17Cl2N5O6S. The molecule has 0 radical (unpaired) electrons. The lowest BCUT2D eigenvalue weighted by molar-refractivity contribution is -0.121. The Morgan fingerprint density at radius 3 is 2.39 bits per heavy atom. The first-order chi connectivity index (χ1) is 21.1.